The van der Waals surface area contributed by atoms with Crippen molar-refractivity contribution in [3.63, 3.8) is 0 Å². The summed E-state index contributed by atoms with van der Waals surface area (Å²) in [7, 11) is 0. The summed E-state index contributed by atoms with van der Waals surface area (Å²) < 4.78 is 28.0. The van der Waals surface area contributed by atoms with Gasteiger partial charge >= 0.3 is 0 Å². The van der Waals surface area contributed by atoms with E-state index < -0.39 is 35.6 Å². The van der Waals surface area contributed by atoms with Crippen LogP contribution in [0.2, 0.25) is 0 Å². The van der Waals surface area contributed by atoms with Gasteiger partial charge in [0.25, 0.3) is 11.8 Å². The predicted octanol–water partition coefficient (Wildman–Crippen LogP) is 5.58. The highest BCUT2D eigenvalue weighted by molar-refractivity contribution is 6.00. The van der Waals surface area contributed by atoms with Gasteiger partial charge in [-0.2, -0.15) is 0 Å². The van der Waals surface area contributed by atoms with E-state index in [9.17, 15) is 28.3 Å². The number of benzene rings is 3. The highest BCUT2D eigenvalue weighted by atomic mass is 19.1. The van der Waals surface area contributed by atoms with Crippen molar-refractivity contribution in [2.45, 2.75) is 72.1 Å². The first-order chi connectivity index (χ1) is 21.0. The van der Waals surface area contributed by atoms with E-state index in [2.05, 4.69) is 10.6 Å². The van der Waals surface area contributed by atoms with Crippen molar-refractivity contribution in [2.75, 3.05) is 13.1 Å². The minimum absolute atomic E-state index is 0.0100. The molecule has 3 N–H and O–H groups in total. The molecule has 236 valence electrons. The smallest absolute Gasteiger partial charge is 0.253 e. The summed E-state index contributed by atoms with van der Waals surface area (Å²) in [5, 5.41) is 16.9. The monoisotopic (exact) mass is 607 g/mol. The molecule has 0 aliphatic carbocycles. The minimum atomic E-state index is -1.22. The van der Waals surface area contributed by atoms with Crippen molar-refractivity contribution in [1.29, 1.82) is 0 Å². The molecule has 0 aromatic heterocycles. The molecule has 3 rings (SSSR count). The molecule has 0 aliphatic rings. The van der Waals surface area contributed by atoms with Gasteiger partial charge in [-0.3, -0.25) is 14.4 Å². The maximum Gasteiger partial charge on any atom is 0.253 e. The third-order valence-corrected chi connectivity index (χ3v) is 7.37. The Morgan fingerprint density at radius 3 is 2.09 bits per heavy atom. The summed E-state index contributed by atoms with van der Waals surface area (Å²) in [6.07, 6.45) is 0.280. The van der Waals surface area contributed by atoms with E-state index in [0.717, 1.165) is 36.6 Å². The van der Waals surface area contributed by atoms with E-state index in [1.54, 1.807) is 30.9 Å². The fraction of sp³-hybridized carbons (Fsp3) is 0.400. The second-order valence-electron chi connectivity index (χ2n) is 11.3. The van der Waals surface area contributed by atoms with E-state index in [-0.39, 0.29) is 35.8 Å². The van der Waals surface area contributed by atoms with Crippen LogP contribution < -0.4 is 10.6 Å². The number of nitrogens with zero attached hydrogens (tertiary/aromatic N) is 1. The van der Waals surface area contributed by atoms with Gasteiger partial charge in [-0.25, -0.2) is 8.78 Å². The molecule has 3 amide bonds. The Hall–Kier alpha value is -4.11. The van der Waals surface area contributed by atoms with Crippen LogP contribution in [-0.2, 0) is 17.8 Å². The number of carbonyl (C=O) groups is 3. The number of amides is 3. The van der Waals surface area contributed by atoms with Crippen LogP contribution >= 0.6 is 0 Å². The number of hydrogen-bond donors (Lipinski definition) is 3. The number of rotatable bonds is 15. The van der Waals surface area contributed by atoms with E-state index in [1.165, 1.54) is 6.07 Å². The topological polar surface area (TPSA) is 98.7 Å². The number of halogens is 2. The molecule has 0 bridgehead atoms. The molecule has 3 atom stereocenters. The summed E-state index contributed by atoms with van der Waals surface area (Å²) in [5.74, 6) is -3.18. The lowest BCUT2D eigenvalue weighted by Crippen LogP contribution is -2.46. The van der Waals surface area contributed by atoms with Gasteiger partial charge in [0.2, 0.25) is 5.91 Å². The number of aliphatic hydroxyl groups excluding tert-OH is 1. The Morgan fingerprint density at radius 1 is 0.864 bits per heavy atom. The highest BCUT2D eigenvalue weighted by Gasteiger charge is 2.27. The van der Waals surface area contributed by atoms with Crippen LogP contribution in [0, 0.1) is 24.5 Å². The number of aryl methyl sites for hydroxylation is 1. The van der Waals surface area contributed by atoms with Crippen LogP contribution in [0.3, 0.4) is 0 Å². The zero-order valence-corrected chi connectivity index (χ0v) is 25.9. The van der Waals surface area contributed by atoms with Gasteiger partial charge in [0.15, 0.2) is 0 Å². The van der Waals surface area contributed by atoms with Crippen LogP contribution in [-0.4, -0.2) is 53.0 Å². The zero-order chi connectivity index (χ0) is 32.2. The van der Waals surface area contributed by atoms with Gasteiger partial charge in [0.1, 0.15) is 11.6 Å². The molecule has 0 saturated heterocycles. The maximum atomic E-state index is 14.0. The van der Waals surface area contributed by atoms with Crippen LogP contribution in [0.15, 0.2) is 66.7 Å². The molecule has 1 unspecified atom stereocenters. The number of hydrogen-bond acceptors (Lipinski definition) is 4. The number of aliphatic hydroxyl groups is 1. The first-order valence-corrected chi connectivity index (χ1v) is 15.2. The zero-order valence-electron chi connectivity index (χ0n) is 25.9. The Morgan fingerprint density at radius 2 is 1.48 bits per heavy atom. The molecule has 9 heteroatoms. The van der Waals surface area contributed by atoms with E-state index >= 15 is 0 Å². The van der Waals surface area contributed by atoms with Crippen molar-refractivity contribution in [1.82, 2.24) is 15.5 Å². The van der Waals surface area contributed by atoms with Crippen molar-refractivity contribution in [3.8, 4) is 0 Å². The fourth-order valence-electron chi connectivity index (χ4n) is 5.19. The summed E-state index contributed by atoms with van der Waals surface area (Å²) in [6, 6.07) is 16.3. The summed E-state index contributed by atoms with van der Waals surface area (Å²) in [4.78, 5) is 41.4. The molecule has 0 fully saturated rings. The molecule has 0 saturated carbocycles. The number of nitrogens with one attached hydrogen (secondary N) is 2. The third kappa shape index (κ3) is 10.3. The van der Waals surface area contributed by atoms with Crippen molar-refractivity contribution in [2.24, 2.45) is 5.92 Å². The molecule has 0 heterocycles. The lowest BCUT2D eigenvalue weighted by Gasteiger charge is -2.27. The average molecular weight is 608 g/mol. The van der Waals surface area contributed by atoms with Crippen LogP contribution in [0.25, 0.3) is 0 Å². The molecule has 0 aliphatic heterocycles. The van der Waals surface area contributed by atoms with Gasteiger partial charge in [-0.15, -0.1) is 0 Å². The summed E-state index contributed by atoms with van der Waals surface area (Å²) >= 11 is 0. The largest absolute Gasteiger partial charge is 0.391 e. The van der Waals surface area contributed by atoms with Crippen molar-refractivity contribution in [3.05, 3.63) is 106 Å². The maximum absolute atomic E-state index is 14.0. The molecule has 7 nitrogen and oxygen atoms in total. The summed E-state index contributed by atoms with van der Waals surface area (Å²) in [6.45, 7) is 8.96. The molecule has 0 spiro atoms. The van der Waals surface area contributed by atoms with Gasteiger partial charge in [-0.1, -0.05) is 51.1 Å². The first kappa shape index (κ1) is 34.4. The Balaban J connectivity index is 1.81. The molecule has 44 heavy (non-hydrogen) atoms. The lowest BCUT2D eigenvalue weighted by molar-refractivity contribution is -0.125. The van der Waals surface area contributed by atoms with E-state index in [0.29, 0.717) is 30.8 Å². The third-order valence-electron chi connectivity index (χ3n) is 7.37. The van der Waals surface area contributed by atoms with Gasteiger partial charge in [0.05, 0.1) is 12.1 Å². The quantitative estimate of drug-likeness (QED) is 0.210. The van der Waals surface area contributed by atoms with Gasteiger partial charge in [0, 0.05) is 42.7 Å². The lowest BCUT2D eigenvalue weighted by atomic mass is 9.93. The van der Waals surface area contributed by atoms with Gasteiger partial charge < -0.3 is 20.6 Å². The fourth-order valence-corrected chi connectivity index (χ4v) is 5.19. The highest BCUT2D eigenvalue weighted by Crippen LogP contribution is 2.18. The average Bonchev–Trinajstić information content (AvgIpc) is 2.98. The minimum Gasteiger partial charge on any atom is -0.391 e. The van der Waals surface area contributed by atoms with Crippen LogP contribution in [0.1, 0.15) is 77.4 Å². The van der Waals surface area contributed by atoms with E-state index in [1.807, 2.05) is 44.2 Å². The second kappa shape index (κ2) is 16.7. The second-order valence-corrected chi connectivity index (χ2v) is 11.3. The predicted molar refractivity (Wildman–Crippen MR) is 167 cm³/mol. The Labute approximate surface area is 258 Å². The Bertz CT molecular complexity index is 1390. The number of carbonyl (C=O) groups excluding carboxylic acids is 3. The van der Waals surface area contributed by atoms with Crippen LogP contribution in [0.5, 0.6) is 0 Å². The summed E-state index contributed by atoms with van der Waals surface area (Å²) in [5.41, 5.74) is 2.47. The first-order valence-electron chi connectivity index (χ1n) is 15.2. The molecular formula is C35H43F2N3O4. The molecule has 3 aromatic carbocycles. The standard InChI is InChI=1S/C35H43F2N3O4/c1-5-12-40(13-6-2)35(44)28-15-23(3)14-27(20-28)34(43)39-31(19-26-17-29(36)21-30(37)18-26)32(41)16-24(4)33(42)38-22-25-10-8-7-9-11-25/h7-11,14-15,17-18,20-21,24,31-32,41H,5-6,12-13,16,19,22H2,1-4H3,(H,38,42)(H,39,43)/t24-,31?,32+/m1/s1. The van der Waals surface area contributed by atoms with Crippen molar-refractivity contribution >= 4 is 17.7 Å². The SMILES string of the molecule is CCCN(CCC)C(=O)c1cc(C)cc(C(=O)NC(Cc2cc(F)cc(F)c2)[C@@H](O)C[C@@H](C)C(=O)NCc2ccccc2)c1. The molecule has 0 radical (unpaired) electrons. The normalized spacial score (nSPS) is 13.1. The Kier molecular flexibility index (Phi) is 13.0. The molecular weight excluding hydrogens is 564 g/mol. The van der Waals surface area contributed by atoms with Gasteiger partial charge in [-0.05, 0) is 79.6 Å². The molecule has 3 aromatic rings. The van der Waals surface area contributed by atoms with Crippen LogP contribution in [0.4, 0.5) is 8.78 Å². The van der Waals surface area contributed by atoms with Crippen molar-refractivity contribution < 1.29 is 28.3 Å². The van der Waals surface area contributed by atoms with E-state index in [4.69, 9.17) is 0 Å².